The van der Waals surface area contributed by atoms with E-state index in [0.717, 1.165) is 29.5 Å². The van der Waals surface area contributed by atoms with E-state index < -0.39 is 6.09 Å². The largest absolute Gasteiger partial charge is 0.465 e. The Morgan fingerprint density at radius 3 is 2.78 bits per heavy atom. The molecule has 3 heterocycles. The molecule has 3 N–H and O–H groups in total. The minimum atomic E-state index is -1.01. The fourth-order valence-electron chi connectivity index (χ4n) is 4.50. The summed E-state index contributed by atoms with van der Waals surface area (Å²) in [4.78, 5) is 32.8. The van der Waals surface area contributed by atoms with E-state index in [1.807, 2.05) is 13.0 Å². The number of nitrogens with one attached hydrogen (secondary N) is 2. The normalized spacial score (nSPS) is 20.6. The zero-order valence-electron chi connectivity index (χ0n) is 18.1. The van der Waals surface area contributed by atoms with E-state index in [1.54, 1.807) is 35.4 Å². The third-order valence-corrected chi connectivity index (χ3v) is 5.87. The molecule has 1 fully saturated rings. The van der Waals surface area contributed by atoms with Crippen LogP contribution in [0.15, 0.2) is 43.5 Å². The van der Waals surface area contributed by atoms with Crippen LogP contribution in [0, 0.1) is 5.92 Å². The molecule has 1 aliphatic carbocycles. The first kappa shape index (κ1) is 21.5. The van der Waals surface area contributed by atoms with Gasteiger partial charge in [0.15, 0.2) is 5.65 Å². The van der Waals surface area contributed by atoms with Crippen LogP contribution < -0.4 is 10.6 Å². The van der Waals surface area contributed by atoms with Crippen molar-refractivity contribution in [3.63, 3.8) is 0 Å². The van der Waals surface area contributed by atoms with Crippen LogP contribution in [0.1, 0.15) is 60.6 Å². The number of carboxylic acid groups (broad SMARTS) is 1. The number of carbonyl (C=O) groups excluding carboxylic acids is 1. The fourth-order valence-corrected chi connectivity index (χ4v) is 4.50. The molecule has 9 nitrogen and oxygen atoms in total. The summed E-state index contributed by atoms with van der Waals surface area (Å²) in [5.41, 5.74) is 3.99. The second-order valence-corrected chi connectivity index (χ2v) is 8.49. The van der Waals surface area contributed by atoms with E-state index >= 15 is 0 Å². The molecule has 0 bridgehead atoms. The molecule has 32 heavy (non-hydrogen) atoms. The Bertz CT molecular complexity index is 1190. The second-order valence-electron chi connectivity index (χ2n) is 8.49. The molecule has 1 saturated carbocycles. The molecule has 1 aliphatic rings. The Labute approximate surface area is 185 Å². The molecular formula is C23H26N6O3. The van der Waals surface area contributed by atoms with E-state index in [1.165, 1.54) is 0 Å². The Morgan fingerprint density at radius 2 is 2.03 bits per heavy atom. The highest BCUT2D eigenvalue weighted by Gasteiger charge is 2.30. The molecule has 2 amide bonds. The summed E-state index contributed by atoms with van der Waals surface area (Å²) in [6, 6.07) is 3.39. The van der Waals surface area contributed by atoms with Crippen LogP contribution in [-0.2, 0) is 0 Å². The van der Waals surface area contributed by atoms with E-state index in [4.69, 9.17) is 5.11 Å². The van der Waals surface area contributed by atoms with Gasteiger partial charge in [-0.05, 0) is 61.3 Å². The number of hydrogen-bond donors (Lipinski definition) is 3. The van der Waals surface area contributed by atoms with Crippen molar-refractivity contribution in [1.29, 1.82) is 0 Å². The van der Waals surface area contributed by atoms with Crippen molar-refractivity contribution in [2.24, 2.45) is 5.92 Å². The summed E-state index contributed by atoms with van der Waals surface area (Å²) in [6.45, 7) is 7.92. The van der Waals surface area contributed by atoms with Gasteiger partial charge in [0.2, 0.25) is 0 Å². The summed E-state index contributed by atoms with van der Waals surface area (Å²) in [7, 11) is 0. The van der Waals surface area contributed by atoms with E-state index in [9.17, 15) is 9.59 Å². The maximum Gasteiger partial charge on any atom is 0.404 e. The van der Waals surface area contributed by atoms with Crippen molar-refractivity contribution in [2.45, 2.75) is 45.1 Å². The molecule has 3 atom stereocenters. The standard InChI is InChI=1S/C23H26N6O3/c1-13(2)18-11-25-29-7-5-19(27-21(18)29)22(30)28-20-12-24-6-4-17(20)15-8-14(3)9-16(10-15)26-23(31)32/h4-7,11-12,14-16,26H,1,8-10H2,2-3H3,(H,28,30)(H,31,32)/t14-,15+,16-/m0/s1. The molecule has 0 saturated heterocycles. The first-order chi connectivity index (χ1) is 15.3. The zero-order valence-corrected chi connectivity index (χ0v) is 18.1. The van der Waals surface area contributed by atoms with Gasteiger partial charge in [0.05, 0.1) is 18.1 Å². The van der Waals surface area contributed by atoms with Crippen molar-refractivity contribution in [2.75, 3.05) is 5.32 Å². The smallest absolute Gasteiger partial charge is 0.404 e. The number of anilines is 1. The summed E-state index contributed by atoms with van der Waals surface area (Å²) >= 11 is 0. The van der Waals surface area contributed by atoms with Crippen molar-refractivity contribution in [3.8, 4) is 0 Å². The number of allylic oxidation sites excluding steroid dienone is 1. The molecule has 3 aromatic rings. The lowest BCUT2D eigenvalue weighted by atomic mass is 9.76. The maximum absolute atomic E-state index is 13.0. The predicted molar refractivity (Wildman–Crippen MR) is 121 cm³/mol. The van der Waals surface area contributed by atoms with Crippen LogP contribution in [0.4, 0.5) is 10.5 Å². The van der Waals surface area contributed by atoms with Crippen LogP contribution in [0.2, 0.25) is 0 Å². The highest BCUT2D eigenvalue weighted by Crippen LogP contribution is 2.39. The van der Waals surface area contributed by atoms with Crippen molar-refractivity contribution in [3.05, 3.63) is 60.3 Å². The zero-order chi connectivity index (χ0) is 22.8. The molecule has 166 valence electrons. The van der Waals surface area contributed by atoms with Gasteiger partial charge in [-0.1, -0.05) is 13.5 Å². The highest BCUT2D eigenvalue weighted by molar-refractivity contribution is 6.03. The molecular weight excluding hydrogens is 408 g/mol. The van der Waals surface area contributed by atoms with Gasteiger partial charge in [-0.25, -0.2) is 14.3 Å². The Hall–Kier alpha value is -3.75. The Balaban J connectivity index is 1.58. The first-order valence-corrected chi connectivity index (χ1v) is 10.6. The van der Waals surface area contributed by atoms with Gasteiger partial charge in [-0.15, -0.1) is 0 Å². The van der Waals surface area contributed by atoms with Crippen LogP contribution in [0.5, 0.6) is 0 Å². The van der Waals surface area contributed by atoms with E-state index in [0.29, 0.717) is 23.7 Å². The average molecular weight is 435 g/mol. The molecule has 0 spiro atoms. The summed E-state index contributed by atoms with van der Waals surface area (Å²) in [6.07, 6.45) is 8.06. The SMILES string of the molecule is C=C(C)c1cnn2ccc(C(=O)Nc3cnccc3[C@@H]3C[C@H](C)C[C@H](NC(=O)O)C3)nc12. The Morgan fingerprint density at radius 1 is 1.22 bits per heavy atom. The molecule has 3 aromatic heterocycles. The fraction of sp³-hybridized carbons (Fsp3) is 0.348. The van der Waals surface area contributed by atoms with Gasteiger partial charge in [-0.2, -0.15) is 5.10 Å². The lowest BCUT2D eigenvalue weighted by Gasteiger charge is -2.34. The summed E-state index contributed by atoms with van der Waals surface area (Å²) < 4.78 is 1.61. The predicted octanol–water partition coefficient (Wildman–Crippen LogP) is 3.95. The Kier molecular flexibility index (Phi) is 5.89. The number of rotatable bonds is 5. The average Bonchev–Trinajstić information content (AvgIpc) is 3.16. The number of aromatic nitrogens is 4. The number of fused-ring (bicyclic) bond motifs is 1. The van der Waals surface area contributed by atoms with Crippen LogP contribution in [-0.4, -0.2) is 42.7 Å². The van der Waals surface area contributed by atoms with E-state index in [-0.39, 0.29) is 23.6 Å². The topological polar surface area (TPSA) is 122 Å². The van der Waals surface area contributed by atoms with Crippen LogP contribution in [0.25, 0.3) is 11.2 Å². The number of hydrogen-bond acceptors (Lipinski definition) is 5. The van der Waals surface area contributed by atoms with Crippen LogP contribution in [0.3, 0.4) is 0 Å². The molecule has 0 radical (unpaired) electrons. The minimum Gasteiger partial charge on any atom is -0.465 e. The molecule has 9 heteroatoms. The minimum absolute atomic E-state index is 0.106. The van der Waals surface area contributed by atoms with Gasteiger partial charge in [0.25, 0.3) is 5.91 Å². The van der Waals surface area contributed by atoms with Gasteiger partial charge < -0.3 is 15.7 Å². The first-order valence-electron chi connectivity index (χ1n) is 10.6. The number of carbonyl (C=O) groups is 2. The highest BCUT2D eigenvalue weighted by atomic mass is 16.4. The number of amides is 2. The van der Waals surface area contributed by atoms with Gasteiger partial charge in [0, 0.05) is 24.0 Å². The van der Waals surface area contributed by atoms with Crippen molar-refractivity contribution in [1.82, 2.24) is 24.9 Å². The number of nitrogens with zero attached hydrogens (tertiary/aromatic N) is 4. The quantitative estimate of drug-likeness (QED) is 0.559. The molecule has 0 aromatic carbocycles. The third kappa shape index (κ3) is 4.46. The second kappa shape index (κ2) is 8.78. The van der Waals surface area contributed by atoms with Crippen molar-refractivity contribution >= 4 is 28.9 Å². The molecule has 4 rings (SSSR count). The van der Waals surface area contributed by atoms with Crippen LogP contribution >= 0.6 is 0 Å². The van der Waals surface area contributed by atoms with Crippen molar-refractivity contribution < 1.29 is 14.7 Å². The lowest BCUT2D eigenvalue weighted by molar-refractivity contribution is 0.102. The van der Waals surface area contributed by atoms with Gasteiger partial charge in [0.1, 0.15) is 5.69 Å². The van der Waals surface area contributed by atoms with Gasteiger partial charge >= 0.3 is 6.09 Å². The lowest BCUT2D eigenvalue weighted by Crippen LogP contribution is -2.39. The van der Waals surface area contributed by atoms with Gasteiger partial charge in [-0.3, -0.25) is 9.78 Å². The van der Waals surface area contributed by atoms with E-state index in [2.05, 4.69) is 39.2 Å². The maximum atomic E-state index is 13.0. The summed E-state index contributed by atoms with van der Waals surface area (Å²) in [5, 5.41) is 18.9. The number of pyridine rings is 1. The molecule has 0 unspecified atom stereocenters. The summed E-state index contributed by atoms with van der Waals surface area (Å²) in [5.74, 6) is 0.114. The monoisotopic (exact) mass is 434 g/mol. The third-order valence-electron chi connectivity index (χ3n) is 5.87. The molecule has 0 aliphatic heterocycles.